The molecule has 0 heterocycles. The zero-order chi connectivity index (χ0) is 13.9. The monoisotopic (exact) mass is 254 g/mol. The number of hydrogen-bond acceptors (Lipinski definition) is 0. The summed E-state index contributed by atoms with van der Waals surface area (Å²) in [5, 5.41) is 0. The Bertz CT molecular complexity index is 415. The Labute approximate surface area is 118 Å². The van der Waals surface area contributed by atoms with E-state index in [1.807, 2.05) is 0 Å². The third-order valence-corrected chi connectivity index (χ3v) is 2.86. The first-order valence-corrected chi connectivity index (χ1v) is 7.44. The Morgan fingerprint density at radius 3 is 1.47 bits per heavy atom. The number of hydrogen-bond donors (Lipinski definition) is 0. The molecule has 1 aromatic carbocycles. The van der Waals surface area contributed by atoms with Gasteiger partial charge >= 0.3 is 0 Å². The van der Waals surface area contributed by atoms with Crippen LogP contribution < -0.4 is 0 Å². The van der Waals surface area contributed by atoms with E-state index in [0.717, 1.165) is 19.3 Å². The summed E-state index contributed by atoms with van der Waals surface area (Å²) >= 11 is 0. The summed E-state index contributed by atoms with van der Waals surface area (Å²) < 4.78 is 0. The third kappa shape index (κ3) is 6.24. The summed E-state index contributed by atoms with van der Waals surface area (Å²) in [6, 6.07) is 6.75. The summed E-state index contributed by atoms with van der Waals surface area (Å²) in [6.45, 7) is 6.54. The lowest BCUT2D eigenvalue weighted by atomic mass is 10.0. The molecule has 0 atom stereocenters. The molecule has 0 radical (unpaired) electrons. The van der Waals surface area contributed by atoms with Crippen molar-refractivity contribution in [3.05, 3.63) is 53.1 Å². The third-order valence-electron chi connectivity index (χ3n) is 2.86. The first-order valence-electron chi connectivity index (χ1n) is 7.44. The molecule has 0 spiro atoms. The van der Waals surface area contributed by atoms with Gasteiger partial charge in [-0.1, -0.05) is 63.6 Å². The Kier molecular flexibility index (Phi) is 7.65. The fourth-order valence-electron chi connectivity index (χ4n) is 1.88. The van der Waals surface area contributed by atoms with E-state index in [0.29, 0.717) is 0 Å². The van der Waals surface area contributed by atoms with Gasteiger partial charge in [-0.2, -0.15) is 0 Å². The first-order chi connectivity index (χ1) is 9.30. The molecule has 0 aromatic heterocycles. The van der Waals surface area contributed by atoms with Gasteiger partial charge in [0.15, 0.2) is 0 Å². The summed E-state index contributed by atoms with van der Waals surface area (Å²) in [5.41, 5.74) is 3.87. The van der Waals surface area contributed by atoms with Gasteiger partial charge in [0.05, 0.1) is 0 Å². The van der Waals surface area contributed by atoms with E-state index in [2.05, 4.69) is 75.4 Å². The van der Waals surface area contributed by atoms with Crippen molar-refractivity contribution in [1.29, 1.82) is 0 Å². The Hall–Kier alpha value is -1.56. The molecule has 0 aliphatic carbocycles. The fraction of sp³-hybridized carbons (Fsp3) is 0.368. The number of rotatable bonds is 7. The van der Waals surface area contributed by atoms with Crippen molar-refractivity contribution in [3.8, 4) is 0 Å². The second-order valence-electron chi connectivity index (χ2n) is 4.75. The molecule has 0 aliphatic heterocycles. The van der Waals surface area contributed by atoms with Gasteiger partial charge in [-0.05, 0) is 54.2 Å². The molecule has 1 aromatic rings. The lowest BCUT2D eigenvalue weighted by molar-refractivity contribution is 0.962. The normalized spacial score (nSPS) is 12.2. The molecule has 102 valence electrons. The molecule has 1 rings (SSSR count). The van der Waals surface area contributed by atoms with Crippen LogP contribution in [0.3, 0.4) is 0 Å². The van der Waals surface area contributed by atoms with E-state index in [1.165, 1.54) is 23.1 Å². The van der Waals surface area contributed by atoms with Crippen LogP contribution in [0.15, 0.2) is 36.4 Å². The maximum Gasteiger partial charge on any atom is -0.0248 e. The van der Waals surface area contributed by atoms with E-state index in [1.54, 1.807) is 0 Å². The molecule has 0 N–H and O–H groups in total. The molecule has 0 aliphatic rings. The molecule has 0 bridgehead atoms. The van der Waals surface area contributed by atoms with Crippen LogP contribution in [0.4, 0.5) is 0 Å². The Balaban J connectivity index is 3.01. The predicted octanol–water partition coefficient (Wildman–Crippen LogP) is 6.35. The molecule has 0 fully saturated rings. The van der Waals surface area contributed by atoms with Crippen molar-refractivity contribution in [2.75, 3.05) is 0 Å². The molecule has 0 heteroatoms. The van der Waals surface area contributed by atoms with Crippen molar-refractivity contribution < 1.29 is 0 Å². The van der Waals surface area contributed by atoms with Crippen molar-refractivity contribution in [2.24, 2.45) is 0 Å². The second kappa shape index (κ2) is 9.38. The van der Waals surface area contributed by atoms with E-state index < -0.39 is 0 Å². The van der Waals surface area contributed by atoms with Crippen molar-refractivity contribution in [1.82, 2.24) is 0 Å². The summed E-state index contributed by atoms with van der Waals surface area (Å²) in [4.78, 5) is 0. The van der Waals surface area contributed by atoms with E-state index >= 15 is 0 Å². The highest BCUT2D eigenvalue weighted by molar-refractivity contribution is 5.64. The van der Waals surface area contributed by atoms with Gasteiger partial charge in [-0.3, -0.25) is 0 Å². The fourth-order valence-corrected chi connectivity index (χ4v) is 1.88. The average Bonchev–Trinajstić information content (AvgIpc) is 2.43. The summed E-state index contributed by atoms with van der Waals surface area (Å²) in [7, 11) is 0. The van der Waals surface area contributed by atoms with E-state index in [-0.39, 0.29) is 0 Å². The molecular formula is C19H26. The van der Waals surface area contributed by atoms with Crippen LogP contribution in [-0.2, 0) is 0 Å². The van der Waals surface area contributed by atoms with Gasteiger partial charge in [0, 0.05) is 0 Å². The smallest absolute Gasteiger partial charge is 0.0248 e. The number of allylic oxidation sites excluding steroid dienone is 3. The Morgan fingerprint density at radius 1 is 0.684 bits per heavy atom. The van der Waals surface area contributed by atoms with Crippen LogP contribution in [0, 0.1) is 0 Å². The van der Waals surface area contributed by atoms with Gasteiger partial charge in [-0.15, -0.1) is 0 Å². The van der Waals surface area contributed by atoms with Crippen LogP contribution in [0.25, 0.3) is 18.2 Å². The number of unbranched alkanes of at least 4 members (excludes halogenated alkanes) is 1. The summed E-state index contributed by atoms with van der Waals surface area (Å²) in [5.74, 6) is 0. The van der Waals surface area contributed by atoms with Crippen LogP contribution >= 0.6 is 0 Å². The van der Waals surface area contributed by atoms with E-state index in [9.17, 15) is 0 Å². The second-order valence-corrected chi connectivity index (χ2v) is 4.75. The average molecular weight is 254 g/mol. The SMILES string of the molecule is CC/C=C/c1cc(/C=C/CC)cc(/C=C/CCC)c1. The minimum absolute atomic E-state index is 1.08. The molecule has 0 unspecified atom stereocenters. The van der Waals surface area contributed by atoms with E-state index in [4.69, 9.17) is 0 Å². The highest BCUT2D eigenvalue weighted by Gasteiger charge is 1.95. The highest BCUT2D eigenvalue weighted by atomic mass is 14.0. The lowest BCUT2D eigenvalue weighted by Gasteiger charge is -2.02. The minimum atomic E-state index is 1.08. The van der Waals surface area contributed by atoms with Gasteiger partial charge < -0.3 is 0 Å². The molecule has 0 saturated heterocycles. The summed E-state index contributed by atoms with van der Waals surface area (Å²) in [6.07, 6.45) is 17.8. The van der Waals surface area contributed by atoms with Gasteiger partial charge in [0.1, 0.15) is 0 Å². The zero-order valence-electron chi connectivity index (χ0n) is 12.5. The van der Waals surface area contributed by atoms with Crippen LogP contribution in [0.2, 0.25) is 0 Å². The van der Waals surface area contributed by atoms with Crippen LogP contribution in [0.5, 0.6) is 0 Å². The molecular weight excluding hydrogens is 228 g/mol. The van der Waals surface area contributed by atoms with Crippen LogP contribution in [-0.4, -0.2) is 0 Å². The minimum Gasteiger partial charge on any atom is -0.0842 e. The first kappa shape index (κ1) is 15.5. The zero-order valence-corrected chi connectivity index (χ0v) is 12.5. The van der Waals surface area contributed by atoms with Gasteiger partial charge in [-0.25, -0.2) is 0 Å². The van der Waals surface area contributed by atoms with Gasteiger partial charge in [0.25, 0.3) is 0 Å². The predicted molar refractivity (Wildman–Crippen MR) is 89.0 cm³/mol. The van der Waals surface area contributed by atoms with Crippen molar-refractivity contribution in [2.45, 2.75) is 46.5 Å². The number of benzene rings is 1. The maximum atomic E-state index is 2.26. The quantitative estimate of drug-likeness (QED) is 0.532. The molecule has 0 saturated carbocycles. The van der Waals surface area contributed by atoms with Gasteiger partial charge in [0.2, 0.25) is 0 Å². The standard InChI is InChI=1S/C19H26/c1-4-7-10-13-19-15-17(11-8-5-2)14-18(16-19)12-9-6-3/h8-16H,4-7H2,1-3H3/b11-8+,12-9+,13-10+. The lowest BCUT2D eigenvalue weighted by Crippen LogP contribution is -1.81. The molecule has 19 heavy (non-hydrogen) atoms. The highest BCUT2D eigenvalue weighted by Crippen LogP contribution is 2.16. The van der Waals surface area contributed by atoms with Crippen molar-refractivity contribution >= 4 is 18.2 Å². The molecule has 0 amide bonds. The molecule has 0 nitrogen and oxygen atoms in total. The largest absolute Gasteiger partial charge is 0.0842 e. The Morgan fingerprint density at radius 2 is 1.11 bits per heavy atom. The van der Waals surface area contributed by atoms with Crippen molar-refractivity contribution in [3.63, 3.8) is 0 Å². The van der Waals surface area contributed by atoms with Crippen LogP contribution in [0.1, 0.15) is 63.1 Å². The maximum absolute atomic E-state index is 2.26. The topological polar surface area (TPSA) is 0 Å².